The van der Waals surface area contributed by atoms with Gasteiger partial charge < -0.3 is 10.2 Å². The lowest BCUT2D eigenvalue weighted by molar-refractivity contribution is -0.127. The number of Topliss-reactive ketones (excluding diaryl/α,β-unsaturated/α-hetero) is 1. The van der Waals surface area contributed by atoms with Crippen molar-refractivity contribution in [2.45, 2.75) is 44.6 Å². The molecule has 3 unspecified atom stereocenters. The number of hydrogen-bond acceptors (Lipinski definition) is 3. The number of fused-ring (bicyclic) bond motifs is 5. The molecule has 110 valence electrons. The number of rotatable bonds is 0. The molecule has 0 amide bonds. The third kappa shape index (κ3) is 1.67. The summed E-state index contributed by atoms with van der Waals surface area (Å²) in [7, 11) is 0. The summed E-state index contributed by atoms with van der Waals surface area (Å²) in [6.45, 7) is 2.10. The molecular weight excluding hydrogens is 264 g/mol. The maximum Gasteiger partial charge on any atom is 0.139 e. The summed E-state index contributed by atoms with van der Waals surface area (Å²) in [5, 5.41) is 20.1. The van der Waals surface area contributed by atoms with E-state index in [2.05, 4.69) is 6.92 Å². The summed E-state index contributed by atoms with van der Waals surface area (Å²) in [6, 6.07) is 5.30. The van der Waals surface area contributed by atoms with Crippen LogP contribution in [0.5, 0.6) is 5.75 Å². The first-order chi connectivity index (χ1) is 10.0. The highest BCUT2D eigenvalue weighted by Crippen LogP contribution is 2.58. The van der Waals surface area contributed by atoms with Gasteiger partial charge in [0, 0.05) is 17.8 Å². The molecule has 1 aromatic rings. The number of benzene rings is 1. The van der Waals surface area contributed by atoms with Crippen molar-refractivity contribution in [3.05, 3.63) is 41.0 Å². The zero-order valence-electron chi connectivity index (χ0n) is 12.2. The highest BCUT2D eigenvalue weighted by atomic mass is 16.3. The van der Waals surface area contributed by atoms with Crippen LogP contribution < -0.4 is 0 Å². The molecule has 3 heteroatoms. The van der Waals surface area contributed by atoms with Crippen molar-refractivity contribution in [2.24, 2.45) is 11.3 Å². The highest BCUT2D eigenvalue weighted by Gasteiger charge is 2.52. The number of ketones is 1. The number of phenolic OH excluding ortho intramolecular Hbond substituents is 1. The number of carbonyl (C=O) groups is 1. The van der Waals surface area contributed by atoms with E-state index in [-0.39, 0.29) is 17.1 Å². The summed E-state index contributed by atoms with van der Waals surface area (Å²) in [6.07, 6.45) is 4.73. The van der Waals surface area contributed by atoms with E-state index in [1.54, 1.807) is 12.1 Å². The molecule has 2 fully saturated rings. The first-order valence-corrected chi connectivity index (χ1v) is 7.76. The first-order valence-electron chi connectivity index (χ1n) is 7.76. The average Bonchev–Trinajstić information content (AvgIpc) is 2.76. The van der Waals surface area contributed by atoms with Crippen LogP contribution in [0, 0.1) is 11.3 Å². The van der Waals surface area contributed by atoms with E-state index < -0.39 is 6.10 Å². The molecule has 0 spiro atoms. The lowest BCUT2D eigenvalue weighted by atomic mass is 9.59. The predicted octanol–water partition coefficient (Wildman–Crippen LogP) is 3.23. The Balaban J connectivity index is 1.82. The molecule has 0 saturated heterocycles. The van der Waals surface area contributed by atoms with Crippen molar-refractivity contribution in [1.29, 1.82) is 0 Å². The van der Waals surface area contributed by atoms with Crippen molar-refractivity contribution in [1.82, 2.24) is 0 Å². The maximum absolute atomic E-state index is 12.3. The molecule has 3 aliphatic rings. The topological polar surface area (TPSA) is 57.5 Å². The van der Waals surface area contributed by atoms with Gasteiger partial charge in [-0.3, -0.25) is 4.79 Å². The molecule has 2 saturated carbocycles. The zero-order valence-corrected chi connectivity index (χ0v) is 12.2. The number of allylic oxidation sites excluding steroid dienone is 1. The van der Waals surface area contributed by atoms with Gasteiger partial charge in [-0.25, -0.2) is 0 Å². The monoisotopic (exact) mass is 284 g/mol. The Morgan fingerprint density at radius 1 is 1.24 bits per heavy atom. The number of hydrogen-bond donors (Lipinski definition) is 2. The third-order valence-electron chi connectivity index (χ3n) is 5.94. The normalized spacial score (nSPS) is 37.5. The van der Waals surface area contributed by atoms with E-state index in [0.717, 1.165) is 30.4 Å². The van der Waals surface area contributed by atoms with Crippen LogP contribution in [0.1, 0.15) is 55.8 Å². The van der Waals surface area contributed by atoms with Crippen molar-refractivity contribution < 1.29 is 15.0 Å². The first kappa shape index (κ1) is 13.1. The second kappa shape index (κ2) is 4.20. The van der Waals surface area contributed by atoms with E-state index in [9.17, 15) is 15.0 Å². The molecule has 2 N–H and O–H groups in total. The summed E-state index contributed by atoms with van der Waals surface area (Å²) < 4.78 is 0. The van der Waals surface area contributed by atoms with Gasteiger partial charge in [-0.15, -0.1) is 0 Å². The quantitative estimate of drug-likeness (QED) is 0.719. The zero-order chi connectivity index (χ0) is 14.8. The van der Waals surface area contributed by atoms with Crippen LogP contribution in [0.4, 0.5) is 0 Å². The van der Waals surface area contributed by atoms with E-state index in [1.165, 1.54) is 5.57 Å². The van der Waals surface area contributed by atoms with Gasteiger partial charge >= 0.3 is 0 Å². The fraction of sp³-hybridized carbons (Fsp3) is 0.500. The van der Waals surface area contributed by atoms with Gasteiger partial charge in [0.25, 0.3) is 0 Å². The molecule has 1 aromatic carbocycles. The van der Waals surface area contributed by atoms with Crippen LogP contribution in [0.3, 0.4) is 0 Å². The van der Waals surface area contributed by atoms with Crippen molar-refractivity contribution in [3.8, 4) is 5.75 Å². The van der Waals surface area contributed by atoms with Crippen LogP contribution in [0.25, 0.3) is 0 Å². The van der Waals surface area contributed by atoms with Gasteiger partial charge in [-0.1, -0.05) is 24.6 Å². The Morgan fingerprint density at radius 2 is 2.05 bits per heavy atom. The molecule has 0 aromatic heterocycles. The molecule has 0 heterocycles. The third-order valence-corrected chi connectivity index (χ3v) is 5.94. The largest absolute Gasteiger partial charge is 0.508 e. The van der Waals surface area contributed by atoms with E-state index in [0.29, 0.717) is 18.1 Å². The van der Waals surface area contributed by atoms with Crippen LogP contribution >= 0.6 is 0 Å². The minimum atomic E-state index is -0.670. The number of aromatic hydroxyl groups is 1. The van der Waals surface area contributed by atoms with Gasteiger partial charge in [0.1, 0.15) is 11.5 Å². The molecule has 3 aliphatic carbocycles. The Morgan fingerprint density at radius 3 is 2.86 bits per heavy atom. The van der Waals surface area contributed by atoms with E-state index >= 15 is 0 Å². The lowest BCUT2D eigenvalue weighted by Gasteiger charge is -2.44. The molecule has 21 heavy (non-hydrogen) atoms. The second-order valence-corrected chi connectivity index (χ2v) is 6.95. The number of carbonyl (C=O) groups excluding carboxylic acids is 1. The van der Waals surface area contributed by atoms with Crippen molar-refractivity contribution >= 4 is 5.78 Å². The maximum atomic E-state index is 12.3. The van der Waals surface area contributed by atoms with E-state index in [1.807, 2.05) is 12.1 Å². The van der Waals surface area contributed by atoms with Gasteiger partial charge in [-0.2, -0.15) is 0 Å². The predicted molar refractivity (Wildman–Crippen MR) is 79.0 cm³/mol. The van der Waals surface area contributed by atoms with Crippen molar-refractivity contribution in [3.63, 3.8) is 0 Å². The minimum absolute atomic E-state index is 0.196. The van der Waals surface area contributed by atoms with Gasteiger partial charge in [0.05, 0.1) is 6.10 Å². The van der Waals surface area contributed by atoms with Crippen LogP contribution in [0.2, 0.25) is 0 Å². The smallest absolute Gasteiger partial charge is 0.139 e. The Kier molecular flexibility index (Phi) is 2.62. The molecule has 0 bridgehead atoms. The van der Waals surface area contributed by atoms with Crippen LogP contribution in [-0.4, -0.2) is 16.0 Å². The van der Waals surface area contributed by atoms with Gasteiger partial charge in [-0.05, 0) is 48.4 Å². The summed E-state index contributed by atoms with van der Waals surface area (Å²) >= 11 is 0. The fourth-order valence-electron chi connectivity index (χ4n) is 4.75. The Hall–Kier alpha value is -1.61. The Bertz CT molecular complexity index is 660. The number of aliphatic hydroxyl groups excluding tert-OH is 1. The molecular formula is C18H20O3. The average molecular weight is 284 g/mol. The fourth-order valence-corrected chi connectivity index (χ4v) is 4.75. The van der Waals surface area contributed by atoms with Gasteiger partial charge in [0.2, 0.25) is 0 Å². The second-order valence-electron chi connectivity index (χ2n) is 6.95. The molecule has 4 atom stereocenters. The SMILES string of the molecule is C[C@]12CCC3C(=CC(O)c4cc(O)ccc43)C1CCC2=O. The van der Waals surface area contributed by atoms with Gasteiger partial charge in [0.15, 0.2) is 0 Å². The van der Waals surface area contributed by atoms with Crippen LogP contribution in [-0.2, 0) is 4.79 Å². The molecule has 3 nitrogen and oxygen atoms in total. The molecule has 0 radical (unpaired) electrons. The lowest BCUT2D eigenvalue weighted by Crippen LogP contribution is -2.37. The summed E-state index contributed by atoms with van der Waals surface area (Å²) in [5.41, 5.74) is 2.97. The highest BCUT2D eigenvalue weighted by molar-refractivity contribution is 5.88. The molecule has 4 rings (SSSR count). The van der Waals surface area contributed by atoms with Crippen LogP contribution in [0.15, 0.2) is 29.8 Å². The summed E-state index contributed by atoms with van der Waals surface area (Å²) in [5.74, 6) is 1.16. The minimum Gasteiger partial charge on any atom is -0.508 e. The Labute approximate surface area is 124 Å². The van der Waals surface area contributed by atoms with E-state index in [4.69, 9.17) is 0 Å². The summed E-state index contributed by atoms with van der Waals surface area (Å²) in [4.78, 5) is 12.3. The molecule has 0 aliphatic heterocycles. The van der Waals surface area contributed by atoms with Crippen molar-refractivity contribution in [2.75, 3.05) is 0 Å². The standard InChI is InChI=1S/C18H20O3/c1-18-7-6-12-11-3-2-10(19)8-14(11)16(20)9-13(12)15(18)4-5-17(18)21/h2-3,8-9,12,15-16,19-20H,4-7H2,1H3/t12?,15?,16?,18-/m0/s1. The number of phenols is 1. The number of aliphatic hydroxyl groups is 1.